The van der Waals surface area contributed by atoms with Crippen LogP contribution in [0.5, 0.6) is 11.5 Å². The fourth-order valence-corrected chi connectivity index (χ4v) is 5.09. The van der Waals surface area contributed by atoms with Gasteiger partial charge in [-0.2, -0.15) is 13.2 Å². The van der Waals surface area contributed by atoms with Crippen LogP contribution < -0.4 is 25.4 Å². The molecule has 3 amide bonds. The number of benzene rings is 3. The Bertz CT molecular complexity index is 1740. The normalized spacial score (nSPS) is 13.3. The highest BCUT2D eigenvalue weighted by Gasteiger charge is 2.45. The van der Waals surface area contributed by atoms with Crippen LogP contribution >= 0.6 is 11.6 Å². The fourth-order valence-electron chi connectivity index (χ4n) is 4.88. The van der Waals surface area contributed by atoms with Gasteiger partial charge in [0.1, 0.15) is 29.2 Å². The minimum absolute atomic E-state index is 0.0560. The fraction of sp³-hybridized carbons (Fsp3) is 0.378. The van der Waals surface area contributed by atoms with E-state index in [9.17, 15) is 37.1 Å². The Morgan fingerprint density at radius 3 is 2.04 bits per heavy atom. The lowest BCUT2D eigenvalue weighted by molar-refractivity contribution is -0.175. The largest absolute Gasteiger partial charge is 0.497 e. The number of hydrogen-bond donors (Lipinski definition) is 3. The van der Waals surface area contributed by atoms with Crippen LogP contribution in [0.1, 0.15) is 62.1 Å². The van der Waals surface area contributed by atoms with E-state index in [1.165, 1.54) is 69.5 Å². The highest BCUT2D eigenvalue weighted by molar-refractivity contribution is 6.30. The molecular formula is C37H41ClF3N3O8. The van der Waals surface area contributed by atoms with E-state index < -0.39 is 71.9 Å². The number of ether oxygens (including phenoxy) is 3. The molecule has 15 heteroatoms. The number of carbonyl (C=O) groups is 5. The zero-order valence-electron chi connectivity index (χ0n) is 29.4. The summed E-state index contributed by atoms with van der Waals surface area (Å²) in [6.45, 7) is 7.36. The van der Waals surface area contributed by atoms with Crippen LogP contribution in [0.15, 0.2) is 72.8 Å². The number of nitrogens with one attached hydrogen (secondary N) is 3. The molecule has 0 heterocycles. The summed E-state index contributed by atoms with van der Waals surface area (Å²) in [5.74, 6) is -5.89. The van der Waals surface area contributed by atoms with Gasteiger partial charge in [0, 0.05) is 17.0 Å². The van der Waals surface area contributed by atoms with Gasteiger partial charge in [0.25, 0.3) is 11.7 Å². The van der Waals surface area contributed by atoms with Gasteiger partial charge in [-0.25, -0.2) is 4.79 Å². The number of hydrogen-bond acceptors (Lipinski definition) is 8. The molecule has 0 aliphatic rings. The van der Waals surface area contributed by atoms with E-state index in [1.807, 2.05) is 0 Å². The molecule has 3 N–H and O–H groups in total. The van der Waals surface area contributed by atoms with Crippen molar-refractivity contribution in [2.75, 3.05) is 13.7 Å². The van der Waals surface area contributed by atoms with Crippen molar-refractivity contribution >= 4 is 41.1 Å². The quantitative estimate of drug-likeness (QED) is 0.172. The molecule has 0 saturated carbocycles. The van der Waals surface area contributed by atoms with Gasteiger partial charge < -0.3 is 30.2 Å². The highest BCUT2D eigenvalue weighted by atomic mass is 35.5. The molecule has 0 radical (unpaired) electrons. The van der Waals surface area contributed by atoms with Crippen molar-refractivity contribution in [3.8, 4) is 11.5 Å². The molecule has 3 atom stereocenters. The Labute approximate surface area is 304 Å². The Morgan fingerprint density at radius 1 is 0.808 bits per heavy atom. The number of esters is 1. The third-order valence-electron chi connectivity index (χ3n) is 7.35. The van der Waals surface area contributed by atoms with Crippen molar-refractivity contribution in [3.05, 3.63) is 94.5 Å². The van der Waals surface area contributed by atoms with Gasteiger partial charge in [0.2, 0.25) is 11.8 Å². The summed E-state index contributed by atoms with van der Waals surface area (Å²) in [6.07, 6.45) is -5.35. The van der Waals surface area contributed by atoms with E-state index in [4.69, 9.17) is 25.8 Å². The second kappa shape index (κ2) is 17.9. The number of halogens is 4. The molecule has 0 aliphatic carbocycles. The smallest absolute Gasteiger partial charge is 0.452 e. The Morgan fingerprint density at radius 2 is 1.46 bits per heavy atom. The maximum absolute atomic E-state index is 14.0. The van der Waals surface area contributed by atoms with Gasteiger partial charge >= 0.3 is 12.1 Å². The number of alkyl halides is 3. The molecular weight excluding hydrogens is 707 g/mol. The van der Waals surface area contributed by atoms with Gasteiger partial charge in [-0.3, -0.25) is 19.2 Å². The zero-order chi connectivity index (χ0) is 38.8. The first-order valence-electron chi connectivity index (χ1n) is 16.1. The zero-order valence-corrected chi connectivity index (χ0v) is 30.2. The SMILES string of the molecule is COc1ccc(C(NC(=O)C(Cc2cccc(Cl)c2)NC(=O)c2cccc(OCC(=O)OC(C)(C)C)c2)C(=O)NC(C(=O)C(F)(F)F)C(C)C)cc1. The number of rotatable bonds is 15. The third kappa shape index (κ3) is 12.6. The maximum atomic E-state index is 14.0. The van der Waals surface area contributed by atoms with Crippen molar-refractivity contribution in [1.29, 1.82) is 0 Å². The molecule has 52 heavy (non-hydrogen) atoms. The van der Waals surface area contributed by atoms with Crippen LogP contribution in [0.25, 0.3) is 0 Å². The predicted octanol–water partition coefficient (Wildman–Crippen LogP) is 5.54. The van der Waals surface area contributed by atoms with Crippen molar-refractivity contribution in [1.82, 2.24) is 16.0 Å². The number of methoxy groups -OCH3 is 1. The minimum atomic E-state index is -5.23. The lowest BCUT2D eigenvalue weighted by atomic mass is 9.97. The third-order valence-corrected chi connectivity index (χ3v) is 7.58. The van der Waals surface area contributed by atoms with Crippen LogP contribution in [0, 0.1) is 5.92 Å². The van der Waals surface area contributed by atoms with Gasteiger partial charge in [-0.05, 0) is 80.3 Å². The summed E-state index contributed by atoms with van der Waals surface area (Å²) in [7, 11) is 1.41. The van der Waals surface area contributed by atoms with Crippen molar-refractivity contribution in [2.45, 2.75) is 70.9 Å². The second-order valence-corrected chi connectivity index (χ2v) is 13.5. The first kappa shape index (κ1) is 41.3. The summed E-state index contributed by atoms with van der Waals surface area (Å²) in [4.78, 5) is 65.5. The monoisotopic (exact) mass is 747 g/mol. The predicted molar refractivity (Wildman–Crippen MR) is 186 cm³/mol. The van der Waals surface area contributed by atoms with Crippen LogP contribution in [0.4, 0.5) is 13.2 Å². The van der Waals surface area contributed by atoms with Gasteiger partial charge in [-0.15, -0.1) is 0 Å². The molecule has 280 valence electrons. The van der Waals surface area contributed by atoms with E-state index in [-0.39, 0.29) is 23.3 Å². The summed E-state index contributed by atoms with van der Waals surface area (Å²) >= 11 is 6.17. The van der Waals surface area contributed by atoms with E-state index in [2.05, 4.69) is 16.0 Å². The van der Waals surface area contributed by atoms with Crippen LogP contribution in [-0.4, -0.2) is 67.1 Å². The molecule has 0 aromatic heterocycles. The van der Waals surface area contributed by atoms with E-state index in [1.54, 1.807) is 45.0 Å². The van der Waals surface area contributed by atoms with Crippen molar-refractivity contribution < 1.29 is 51.4 Å². The van der Waals surface area contributed by atoms with E-state index >= 15 is 0 Å². The molecule has 0 bridgehead atoms. The average Bonchev–Trinajstić information content (AvgIpc) is 3.06. The topological polar surface area (TPSA) is 149 Å². The number of carbonyl (C=O) groups excluding carboxylic acids is 5. The molecule has 0 spiro atoms. The highest BCUT2D eigenvalue weighted by Crippen LogP contribution is 2.24. The van der Waals surface area contributed by atoms with Crippen molar-refractivity contribution in [3.63, 3.8) is 0 Å². The number of amides is 3. The van der Waals surface area contributed by atoms with Gasteiger partial charge in [0.15, 0.2) is 6.61 Å². The van der Waals surface area contributed by atoms with Crippen LogP contribution in [-0.2, 0) is 30.3 Å². The molecule has 3 aromatic carbocycles. The van der Waals surface area contributed by atoms with Crippen LogP contribution in [0.3, 0.4) is 0 Å². The van der Waals surface area contributed by atoms with Gasteiger partial charge in [0.05, 0.1) is 13.2 Å². The van der Waals surface area contributed by atoms with E-state index in [0.717, 1.165) is 0 Å². The molecule has 0 saturated heterocycles. The Kier molecular flexibility index (Phi) is 14.2. The summed E-state index contributed by atoms with van der Waals surface area (Å²) in [5, 5.41) is 7.68. The maximum Gasteiger partial charge on any atom is 0.452 e. The Balaban J connectivity index is 1.93. The summed E-state index contributed by atoms with van der Waals surface area (Å²) < 4.78 is 56.2. The lowest BCUT2D eigenvalue weighted by Gasteiger charge is -2.27. The summed E-state index contributed by atoms with van der Waals surface area (Å²) in [6, 6.07) is 13.2. The molecule has 3 unspecified atom stereocenters. The Hall–Kier alpha value is -5.11. The standard InChI is InChI=1S/C37H41ClF3N3O8/c1-21(2)30(32(46)37(39,40)41)43-35(49)31(23-13-15-26(50-6)16-14-23)44-34(48)28(18-22-9-7-11-25(38)17-22)42-33(47)24-10-8-12-27(19-24)51-20-29(45)52-36(3,4)5/h7-17,19,21,28,30-31H,18,20H2,1-6H3,(H,42,47)(H,43,49)(H,44,48). The molecule has 3 rings (SSSR count). The number of Topliss-reactive ketones (excluding diaryl/α,β-unsaturated/α-hetero) is 1. The van der Waals surface area contributed by atoms with Gasteiger partial charge in [-0.1, -0.05) is 55.8 Å². The summed E-state index contributed by atoms with van der Waals surface area (Å²) in [5.41, 5.74) is 0.00462. The second-order valence-electron chi connectivity index (χ2n) is 13.1. The molecule has 11 nitrogen and oxygen atoms in total. The van der Waals surface area contributed by atoms with Crippen LogP contribution in [0.2, 0.25) is 5.02 Å². The lowest BCUT2D eigenvalue weighted by Crippen LogP contribution is -2.55. The first-order chi connectivity index (χ1) is 24.3. The first-order valence-corrected chi connectivity index (χ1v) is 16.5. The number of ketones is 1. The minimum Gasteiger partial charge on any atom is -0.497 e. The van der Waals surface area contributed by atoms with Crippen molar-refractivity contribution in [2.24, 2.45) is 5.92 Å². The average molecular weight is 748 g/mol. The molecule has 0 fully saturated rings. The molecule has 0 aliphatic heterocycles. The van der Waals surface area contributed by atoms with E-state index in [0.29, 0.717) is 16.3 Å². The molecule has 3 aromatic rings.